The number of carbonyl (C=O) groups is 1. The molecular formula is C22H26BrN3O5S2. The van der Waals surface area contributed by atoms with Gasteiger partial charge in [-0.15, -0.1) is 0 Å². The monoisotopic (exact) mass is 555 g/mol. The first-order valence-corrected chi connectivity index (χ1v) is 13.3. The molecule has 0 unspecified atom stereocenters. The maximum Gasteiger partial charge on any atom is 0.279 e. The molecule has 1 amide bonds. The van der Waals surface area contributed by atoms with Gasteiger partial charge in [-0.2, -0.15) is 9.30 Å². The van der Waals surface area contributed by atoms with Gasteiger partial charge in [0.1, 0.15) is 0 Å². The highest BCUT2D eigenvalue weighted by atomic mass is 79.9. The van der Waals surface area contributed by atoms with Crippen LogP contribution in [-0.4, -0.2) is 63.7 Å². The number of ether oxygens (including phenoxy) is 2. The van der Waals surface area contributed by atoms with Crippen LogP contribution in [0.3, 0.4) is 0 Å². The van der Waals surface area contributed by atoms with Crippen LogP contribution < -0.4 is 4.80 Å². The van der Waals surface area contributed by atoms with E-state index >= 15 is 0 Å². The van der Waals surface area contributed by atoms with Crippen molar-refractivity contribution >= 4 is 53.4 Å². The molecule has 0 aliphatic heterocycles. The molecule has 1 aromatic heterocycles. The molecule has 1 heterocycles. The van der Waals surface area contributed by atoms with Gasteiger partial charge in [-0.1, -0.05) is 27.3 Å². The summed E-state index contributed by atoms with van der Waals surface area (Å²) in [5, 5.41) is 0. The van der Waals surface area contributed by atoms with Crippen molar-refractivity contribution in [2.75, 3.05) is 40.5 Å². The standard InChI is InChI=1S/C22H26BrN3O5S2/c1-4-26-19-10-7-17(23)15-20(19)32-22(26)24-21(27)16-5-8-18(9-6-16)33(28,29)25(11-13-30-2)12-14-31-3/h5-10,15H,4,11-14H2,1-3H3. The Morgan fingerprint density at radius 2 is 1.73 bits per heavy atom. The number of thiazole rings is 1. The first kappa shape index (κ1) is 25.7. The van der Waals surface area contributed by atoms with Gasteiger partial charge in [-0.25, -0.2) is 8.42 Å². The summed E-state index contributed by atoms with van der Waals surface area (Å²) < 4.78 is 41.4. The lowest BCUT2D eigenvalue weighted by atomic mass is 10.2. The van der Waals surface area contributed by atoms with Crippen LogP contribution in [0, 0.1) is 0 Å². The number of methoxy groups -OCH3 is 2. The number of benzene rings is 2. The van der Waals surface area contributed by atoms with Crippen LogP contribution in [-0.2, 0) is 26.0 Å². The van der Waals surface area contributed by atoms with E-state index in [1.54, 1.807) is 0 Å². The fourth-order valence-corrected chi connectivity index (χ4v) is 6.30. The number of rotatable bonds is 10. The lowest BCUT2D eigenvalue weighted by Crippen LogP contribution is -2.36. The number of aromatic nitrogens is 1. The minimum Gasteiger partial charge on any atom is -0.383 e. The highest BCUT2D eigenvalue weighted by Crippen LogP contribution is 2.22. The van der Waals surface area contributed by atoms with Crippen molar-refractivity contribution in [2.45, 2.75) is 18.4 Å². The molecule has 0 spiro atoms. The summed E-state index contributed by atoms with van der Waals surface area (Å²) in [6.45, 7) is 3.61. The van der Waals surface area contributed by atoms with Gasteiger partial charge in [0.05, 0.1) is 28.3 Å². The Morgan fingerprint density at radius 3 is 2.30 bits per heavy atom. The second-order valence-corrected chi connectivity index (χ2v) is 10.9. The molecule has 0 fully saturated rings. The minimum absolute atomic E-state index is 0.0987. The Kier molecular flexibility index (Phi) is 8.96. The van der Waals surface area contributed by atoms with E-state index in [2.05, 4.69) is 20.9 Å². The van der Waals surface area contributed by atoms with Crippen LogP contribution in [0.15, 0.2) is 56.8 Å². The number of halogens is 1. The molecular weight excluding hydrogens is 530 g/mol. The van der Waals surface area contributed by atoms with Crippen molar-refractivity contribution in [3.63, 3.8) is 0 Å². The zero-order chi connectivity index (χ0) is 24.0. The number of amides is 1. The van der Waals surface area contributed by atoms with Gasteiger partial charge < -0.3 is 14.0 Å². The molecule has 0 aliphatic rings. The van der Waals surface area contributed by atoms with Gasteiger partial charge in [0.25, 0.3) is 5.91 Å². The summed E-state index contributed by atoms with van der Waals surface area (Å²) in [5.41, 5.74) is 1.32. The zero-order valence-electron chi connectivity index (χ0n) is 18.7. The van der Waals surface area contributed by atoms with E-state index in [1.807, 2.05) is 29.7 Å². The molecule has 2 aromatic carbocycles. The van der Waals surface area contributed by atoms with Gasteiger partial charge in [-0.3, -0.25) is 4.79 Å². The van der Waals surface area contributed by atoms with Crippen LogP contribution in [0.5, 0.6) is 0 Å². The third-order valence-electron chi connectivity index (χ3n) is 4.99. The fourth-order valence-electron chi connectivity index (χ4n) is 3.25. The van der Waals surface area contributed by atoms with E-state index in [-0.39, 0.29) is 31.2 Å². The molecule has 0 N–H and O–H groups in total. The van der Waals surface area contributed by atoms with Crippen molar-refractivity contribution in [2.24, 2.45) is 4.99 Å². The molecule has 33 heavy (non-hydrogen) atoms. The molecule has 11 heteroatoms. The largest absolute Gasteiger partial charge is 0.383 e. The van der Waals surface area contributed by atoms with Crippen LogP contribution in [0.25, 0.3) is 10.2 Å². The summed E-state index contributed by atoms with van der Waals surface area (Å²) in [5.74, 6) is -0.428. The van der Waals surface area contributed by atoms with Crippen molar-refractivity contribution in [3.05, 3.63) is 57.3 Å². The maximum atomic E-state index is 13.0. The molecule has 0 saturated carbocycles. The summed E-state index contributed by atoms with van der Waals surface area (Å²) in [4.78, 5) is 17.8. The Labute approximate surface area is 205 Å². The highest BCUT2D eigenvalue weighted by molar-refractivity contribution is 9.10. The third-order valence-corrected chi connectivity index (χ3v) is 8.43. The van der Waals surface area contributed by atoms with E-state index < -0.39 is 15.9 Å². The summed E-state index contributed by atoms with van der Waals surface area (Å²) >= 11 is 4.90. The molecule has 178 valence electrons. The van der Waals surface area contributed by atoms with Gasteiger partial charge in [-0.05, 0) is 49.4 Å². The SMILES string of the molecule is CCn1c(=NC(=O)c2ccc(S(=O)(=O)N(CCOC)CCOC)cc2)sc2cc(Br)ccc21. The number of aryl methyl sites for hydroxylation is 1. The lowest BCUT2D eigenvalue weighted by Gasteiger charge is -2.21. The van der Waals surface area contributed by atoms with Gasteiger partial charge in [0.2, 0.25) is 10.0 Å². The smallest absolute Gasteiger partial charge is 0.279 e. The fraction of sp³-hybridized carbons (Fsp3) is 0.364. The highest BCUT2D eigenvalue weighted by Gasteiger charge is 2.24. The molecule has 0 aliphatic carbocycles. The number of hydrogen-bond acceptors (Lipinski definition) is 6. The molecule has 0 saturated heterocycles. The van der Waals surface area contributed by atoms with Crippen molar-refractivity contribution in [1.82, 2.24) is 8.87 Å². The lowest BCUT2D eigenvalue weighted by molar-refractivity contribution is 0.0997. The van der Waals surface area contributed by atoms with Crippen LogP contribution in [0.4, 0.5) is 0 Å². The topological polar surface area (TPSA) is 90.2 Å². The Bertz CT molecular complexity index is 1280. The van der Waals surface area contributed by atoms with Gasteiger partial charge >= 0.3 is 0 Å². The molecule has 0 bridgehead atoms. The first-order valence-electron chi connectivity index (χ1n) is 10.3. The zero-order valence-corrected chi connectivity index (χ0v) is 21.9. The van der Waals surface area contributed by atoms with E-state index in [0.29, 0.717) is 16.9 Å². The first-order chi connectivity index (χ1) is 15.8. The van der Waals surface area contributed by atoms with Gasteiger partial charge in [0, 0.05) is 43.9 Å². The predicted molar refractivity (Wildman–Crippen MR) is 132 cm³/mol. The predicted octanol–water partition coefficient (Wildman–Crippen LogP) is 3.51. The van der Waals surface area contributed by atoms with Crippen LogP contribution in [0.1, 0.15) is 17.3 Å². The Hall–Kier alpha value is -1.89. The Morgan fingerprint density at radius 1 is 1.09 bits per heavy atom. The van der Waals surface area contributed by atoms with Gasteiger partial charge in [0.15, 0.2) is 4.80 Å². The van der Waals surface area contributed by atoms with Crippen LogP contribution in [0.2, 0.25) is 0 Å². The van der Waals surface area contributed by atoms with Crippen molar-refractivity contribution in [1.29, 1.82) is 0 Å². The third kappa shape index (κ3) is 5.97. The average Bonchev–Trinajstić information content (AvgIpc) is 3.14. The molecule has 0 atom stereocenters. The number of carbonyl (C=O) groups excluding carboxylic acids is 1. The number of sulfonamides is 1. The van der Waals surface area contributed by atoms with E-state index in [9.17, 15) is 13.2 Å². The van der Waals surface area contributed by atoms with Crippen molar-refractivity contribution in [3.8, 4) is 0 Å². The van der Waals surface area contributed by atoms with E-state index in [4.69, 9.17) is 9.47 Å². The minimum atomic E-state index is -3.75. The van der Waals surface area contributed by atoms with Crippen LogP contribution >= 0.6 is 27.3 Å². The second-order valence-electron chi connectivity index (χ2n) is 7.07. The summed E-state index contributed by atoms with van der Waals surface area (Å²) in [6, 6.07) is 11.8. The molecule has 3 rings (SSSR count). The summed E-state index contributed by atoms with van der Waals surface area (Å²) in [6.07, 6.45) is 0. The van der Waals surface area contributed by atoms with Crippen molar-refractivity contribution < 1.29 is 22.7 Å². The Balaban J connectivity index is 1.89. The maximum absolute atomic E-state index is 13.0. The quantitative estimate of drug-likeness (QED) is 0.381. The normalized spacial score (nSPS) is 12.7. The second kappa shape index (κ2) is 11.5. The molecule has 8 nitrogen and oxygen atoms in total. The molecule has 0 radical (unpaired) electrons. The average molecular weight is 557 g/mol. The van der Waals surface area contributed by atoms with E-state index in [0.717, 1.165) is 14.7 Å². The number of nitrogens with zero attached hydrogens (tertiary/aromatic N) is 3. The number of hydrogen-bond donors (Lipinski definition) is 0. The number of fused-ring (bicyclic) bond motifs is 1. The summed E-state index contributed by atoms with van der Waals surface area (Å²) in [7, 11) is -0.721. The molecule has 3 aromatic rings. The van der Waals surface area contributed by atoms with E-state index in [1.165, 1.54) is 54.1 Å².